The summed E-state index contributed by atoms with van der Waals surface area (Å²) < 4.78 is 48.2. The van der Waals surface area contributed by atoms with Crippen molar-refractivity contribution >= 4 is 17.9 Å². The molecular formula is C55H86O24. The molecule has 0 radical (unpaired) electrons. The molecule has 3 saturated heterocycles. The topological polar surface area (TPSA) is 388 Å². The summed E-state index contributed by atoms with van der Waals surface area (Å²) in [6.07, 6.45) is -26.5. The van der Waals surface area contributed by atoms with E-state index in [1.165, 1.54) is 6.92 Å². The lowest BCUT2D eigenvalue weighted by Gasteiger charge is -2.72. The van der Waals surface area contributed by atoms with Gasteiger partial charge in [0.15, 0.2) is 25.0 Å². The van der Waals surface area contributed by atoms with Gasteiger partial charge in [-0.1, -0.05) is 59.3 Å². The first-order valence-electron chi connectivity index (χ1n) is 27.7. The number of hydrogen-bond donors (Lipinski definition) is 13. The predicted octanol–water partition coefficient (Wildman–Crippen LogP) is -1.32. The van der Waals surface area contributed by atoms with Crippen molar-refractivity contribution in [2.24, 2.45) is 50.2 Å². The summed E-state index contributed by atoms with van der Waals surface area (Å²) in [6.45, 7) is 14.1. The lowest BCUT2D eigenvalue weighted by Crippen LogP contribution is -2.72. The van der Waals surface area contributed by atoms with Gasteiger partial charge >= 0.3 is 17.9 Å². The number of aliphatic hydroxyl groups is 12. The largest absolute Gasteiger partial charge is 0.479 e. The number of aliphatic carboxylic acids is 1. The van der Waals surface area contributed by atoms with Crippen LogP contribution in [0.2, 0.25) is 0 Å². The maximum atomic E-state index is 13.4. The molecule has 8 rings (SSSR count). The predicted molar refractivity (Wildman–Crippen MR) is 269 cm³/mol. The Hall–Kier alpha value is -2.83. The van der Waals surface area contributed by atoms with Gasteiger partial charge in [-0.05, 0) is 92.8 Å². The Morgan fingerprint density at radius 2 is 1.24 bits per heavy atom. The Labute approximate surface area is 459 Å². The van der Waals surface area contributed by atoms with Crippen molar-refractivity contribution < 1.29 is 119 Å². The third-order valence-corrected chi connectivity index (χ3v) is 21.1. The van der Waals surface area contributed by atoms with Gasteiger partial charge in [0.05, 0.1) is 44.1 Å². The molecule has 0 aromatic rings. The molecule has 0 aromatic heterocycles. The molecule has 13 N–H and O–H groups in total. The van der Waals surface area contributed by atoms with Crippen LogP contribution in [0.3, 0.4) is 0 Å². The molecule has 27 atom stereocenters. The third-order valence-electron chi connectivity index (χ3n) is 21.1. The monoisotopic (exact) mass is 1130 g/mol. The van der Waals surface area contributed by atoms with E-state index in [2.05, 4.69) is 26.8 Å². The quantitative estimate of drug-likeness (QED) is 0.0415. The summed E-state index contributed by atoms with van der Waals surface area (Å²) in [5, 5.41) is 143. The number of aliphatic hydroxyl groups excluding tert-OH is 12. The van der Waals surface area contributed by atoms with Crippen molar-refractivity contribution in [2.75, 3.05) is 26.4 Å². The minimum absolute atomic E-state index is 0.0849. The zero-order valence-corrected chi connectivity index (χ0v) is 46.4. The first-order chi connectivity index (χ1) is 36.9. The summed E-state index contributed by atoms with van der Waals surface area (Å²) in [5.74, 6) is -3.88. The summed E-state index contributed by atoms with van der Waals surface area (Å²) in [4.78, 5) is 39.5. The van der Waals surface area contributed by atoms with Gasteiger partial charge in [-0.25, -0.2) is 9.59 Å². The van der Waals surface area contributed by atoms with Crippen LogP contribution < -0.4 is 0 Å². The molecule has 24 nitrogen and oxygen atoms in total. The Kier molecular flexibility index (Phi) is 17.8. The number of esters is 2. The zero-order valence-electron chi connectivity index (χ0n) is 46.4. The molecule has 0 spiro atoms. The highest BCUT2D eigenvalue weighted by molar-refractivity contribution is 5.87. The standard InChI is InChI=1S/C55H86O24/c1-10-23(2)46(71)79-43-44(72-24(3)60)55(22-59)26(17-50(43,4)5)25-11-12-30-51(6)15-14-32(52(7,21-58)29(51)13-16-53(30,8)54(25,9)18-31(55)61)75-49-41(77-48-38(67)36(65)34(63)28(20-57)74-48)39(68)40(42(78-49)45(69)70)76-47-37(66)35(64)33(62)27(19-56)73-47/h10-11,26-44,47-49,56-59,61-68H,12-22H2,1-9H3,(H,69,70)/b23-10+/t26-,27+,28+,29+,30+,31+,32-,33+,34+,35-,36-,37+,38+,39-,40-,41+,42-,43-,44-,47-,48-,49+,51-,52+,53+,54+,55-/m1/s1. The fourth-order valence-corrected chi connectivity index (χ4v) is 16.2. The first kappa shape index (κ1) is 62.2. The fourth-order valence-electron chi connectivity index (χ4n) is 16.2. The maximum Gasteiger partial charge on any atom is 0.335 e. The van der Waals surface area contributed by atoms with E-state index in [0.717, 1.165) is 5.57 Å². The van der Waals surface area contributed by atoms with E-state index >= 15 is 0 Å². The summed E-state index contributed by atoms with van der Waals surface area (Å²) in [6, 6.07) is 0. The second-order valence-electron chi connectivity index (χ2n) is 25.5. The van der Waals surface area contributed by atoms with E-state index in [1.54, 1.807) is 19.9 Å². The third kappa shape index (κ3) is 9.94. The van der Waals surface area contributed by atoms with Crippen molar-refractivity contribution in [3.63, 3.8) is 0 Å². The molecule has 3 aliphatic heterocycles. The van der Waals surface area contributed by atoms with Gasteiger partial charge in [0.2, 0.25) is 0 Å². The molecule has 0 aromatic carbocycles. The van der Waals surface area contributed by atoms with Crippen LogP contribution >= 0.6 is 0 Å². The number of hydrogen-bond acceptors (Lipinski definition) is 23. The maximum absolute atomic E-state index is 13.4. The minimum Gasteiger partial charge on any atom is -0.479 e. The summed E-state index contributed by atoms with van der Waals surface area (Å²) >= 11 is 0. The lowest BCUT2D eigenvalue weighted by molar-refractivity contribution is -0.392. The Morgan fingerprint density at radius 1 is 0.658 bits per heavy atom. The molecule has 79 heavy (non-hydrogen) atoms. The number of rotatable bonds is 14. The fraction of sp³-hybridized carbons (Fsp3) is 0.873. The highest BCUT2D eigenvalue weighted by atomic mass is 16.8. The second-order valence-corrected chi connectivity index (χ2v) is 25.5. The molecular weight excluding hydrogens is 1040 g/mol. The molecule has 24 heteroatoms. The van der Waals surface area contributed by atoms with Gasteiger partial charge in [-0.15, -0.1) is 0 Å². The number of carboxylic acid groups (broad SMARTS) is 1. The number of ether oxygens (including phenoxy) is 8. The van der Waals surface area contributed by atoms with Crippen molar-refractivity contribution in [1.29, 1.82) is 0 Å². The first-order valence-corrected chi connectivity index (χ1v) is 27.7. The van der Waals surface area contributed by atoms with E-state index < -0.39 is 199 Å². The lowest BCUT2D eigenvalue weighted by atomic mass is 9.33. The van der Waals surface area contributed by atoms with E-state index in [4.69, 9.17) is 37.9 Å². The molecule has 450 valence electrons. The highest BCUT2D eigenvalue weighted by Crippen LogP contribution is 2.76. The van der Waals surface area contributed by atoms with Crippen LogP contribution in [-0.2, 0) is 52.3 Å². The van der Waals surface area contributed by atoms with Gasteiger partial charge < -0.3 is 104 Å². The number of allylic oxidation sites excluding steroid dienone is 3. The SMILES string of the molecule is C/C=C(\C)C(=O)O[C@@H]1[C@@H](OC(C)=O)[C@]2(CO)[C@H](CC1(C)C)C1=CC[C@H]3[C@]4(C)CC[C@@H](O[C@H]5O[C@@H](C(=O)O)[C@H](O[C@H]6O[C@@H](CO)[C@H](O)[C@@H](O)[C@@H]6O)[C@@H](O)[C@@H]5O[C@H]5O[C@@H](CO)[C@H](O)[C@@H](O)[C@@H]5O)[C@@](C)(CO)[C@H]4CC[C@]3(C)[C@@]1(C)C[C@@H]2O. The highest BCUT2D eigenvalue weighted by Gasteiger charge is 2.74. The molecule has 0 bridgehead atoms. The van der Waals surface area contributed by atoms with Gasteiger partial charge in [-0.2, -0.15) is 0 Å². The van der Waals surface area contributed by atoms with Crippen molar-refractivity contribution in [3.8, 4) is 0 Å². The molecule has 8 aliphatic rings. The Morgan fingerprint density at radius 3 is 1.76 bits per heavy atom. The van der Waals surface area contributed by atoms with Gasteiger partial charge in [-0.3, -0.25) is 4.79 Å². The average Bonchev–Trinajstić information content (AvgIpc) is 3.25. The van der Waals surface area contributed by atoms with E-state index in [1.807, 2.05) is 20.8 Å². The van der Waals surface area contributed by atoms with Crippen LogP contribution in [0.5, 0.6) is 0 Å². The molecule has 4 saturated carbocycles. The molecule has 3 heterocycles. The van der Waals surface area contributed by atoms with E-state index in [0.29, 0.717) is 37.7 Å². The van der Waals surface area contributed by atoms with Crippen molar-refractivity contribution in [3.05, 3.63) is 23.3 Å². The van der Waals surface area contributed by atoms with E-state index in [9.17, 15) is 80.8 Å². The number of carboxylic acids is 1. The molecule has 5 aliphatic carbocycles. The van der Waals surface area contributed by atoms with Crippen LogP contribution in [0.4, 0.5) is 0 Å². The van der Waals surface area contributed by atoms with Crippen LogP contribution in [0.25, 0.3) is 0 Å². The smallest absolute Gasteiger partial charge is 0.335 e. The van der Waals surface area contributed by atoms with E-state index in [-0.39, 0.29) is 24.7 Å². The molecule has 0 amide bonds. The van der Waals surface area contributed by atoms with Gasteiger partial charge in [0.25, 0.3) is 0 Å². The summed E-state index contributed by atoms with van der Waals surface area (Å²) in [5.41, 5.74) is -3.78. The van der Waals surface area contributed by atoms with Crippen molar-refractivity contribution in [1.82, 2.24) is 0 Å². The van der Waals surface area contributed by atoms with Gasteiger partial charge in [0.1, 0.15) is 79.4 Å². The average molecular weight is 1130 g/mol. The zero-order chi connectivity index (χ0) is 58.4. The normalized spacial score (nSPS) is 50.6. The van der Waals surface area contributed by atoms with Gasteiger partial charge in [0, 0.05) is 23.3 Å². The molecule has 7 fully saturated rings. The van der Waals surface area contributed by atoms with Crippen LogP contribution in [0.15, 0.2) is 23.3 Å². The second kappa shape index (κ2) is 22.6. The Bertz CT molecular complexity index is 2290. The van der Waals surface area contributed by atoms with Crippen molar-refractivity contribution in [2.45, 2.75) is 224 Å². The van der Waals surface area contributed by atoms with Crippen LogP contribution in [0, 0.1) is 50.2 Å². The summed E-state index contributed by atoms with van der Waals surface area (Å²) in [7, 11) is 0. The minimum atomic E-state index is -2.18. The molecule has 0 unspecified atom stereocenters. The Balaban J connectivity index is 1.12. The number of carbonyl (C=O) groups excluding carboxylic acids is 2. The van der Waals surface area contributed by atoms with Crippen LogP contribution in [-0.4, -0.2) is 227 Å². The number of carbonyl (C=O) groups is 3. The van der Waals surface area contributed by atoms with Crippen LogP contribution in [0.1, 0.15) is 107 Å². The number of fused-ring (bicyclic) bond motifs is 7.